The highest BCUT2D eigenvalue weighted by Gasteiger charge is 2.42. The van der Waals surface area contributed by atoms with Crippen LogP contribution in [-0.2, 0) is 4.79 Å². The molecular weight excluding hydrogens is 308 g/mol. The maximum Gasteiger partial charge on any atom is 0.233 e. The van der Waals surface area contributed by atoms with Crippen molar-refractivity contribution in [1.82, 2.24) is 9.80 Å². The first-order chi connectivity index (χ1) is 12.1. The number of hydrogen-bond acceptors (Lipinski definition) is 2. The van der Waals surface area contributed by atoms with Crippen molar-refractivity contribution in [2.75, 3.05) is 13.1 Å². The van der Waals surface area contributed by atoms with Crippen LogP contribution >= 0.6 is 0 Å². The predicted octanol–water partition coefficient (Wildman–Crippen LogP) is 4.97. The zero-order chi connectivity index (χ0) is 18.0. The molecule has 2 atom stereocenters. The Labute approximate surface area is 154 Å². The molecule has 0 aromatic rings. The van der Waals surface area contributed by atoms with Gasteiger partial charge < -0.3 is 9.80 Å². The quantitative estimate of drug-likeness (QED) is 0.678. The number of likely N-dealkylation sites (tertiary alicyclic amines) is 1. The third-order valence-electron chi connectivity index (χ3n) is 6.86. The smallest absolute Gasteiger partial charge is 0.233 e. The molecule has 0 aromatic carbocycles. The normalized spacial score (nSPS) is 29.0. The van der Waals surface area contributed by atoms with E-state index in [1.165, 1.54) is 56.5 Å². The lowest BCUT2D eigenvalue weighted by Crippen LogP contribution is -2.49. The van der Waals surface area contributed by atoms with Crippen LogP contribution in [0.3, 0.4) is 0 Å². The Bertz CT molecular complexity index is 498. The van der Waals surface area contributed by atoms with Crippen molar-refractivity contribution >= 4 is 5.91 Å². The Morgan fingerprint density at radius 3 is 2.28 bits per heavy atom. The number of carbonyl (C=O) groups excluding carboxylic acids is 1. The number of piperidine rings is 1. The standard InChI is InChI=1S/C22H38N2O/c1-5-7-18(8-6-2)23-13-11-19(12-14-23)24-21-15-16(3)9-10-20(21)17(4)22(24)25/h16-19H,5-15H2,1-4H3/t16-,17?/m0/s1. The first-order valence-corrected chi connectivity index (χ1v) is 10.9. The maximum atomic E-state index is 13.0. The largest absolute Gasteiger partial charge is 0.313 e. The van der Waals surface area contributed by atoms with Crippen molar-refractivity contribution in [3.63, 3.8) is 0 Å². The fraction of sp³-hybridized carbons (Fsp3) is 0.864. The van der Waals surface area contributed by atoms with Gasteiger partial charge in [-0.2, -0.15) is 0 Å². The van der Waals surface area contributed by atoms with Crippen LogP contribution in [0.2, 0.25) is 0 Å². The Hall–Kier alpha value is -0.830. The molecule has 2 aliphatic heterocycles. The van der Waals surface area contributed by atoms with Gasteiger partial charge in [0.15, 0.2) is 0 Å². The number of hydrogen-bond donors (Lipinski definition) is 0. The van der Waals surface area contributed by atoms with E-state index in [0.717, 1.165) is 37.6 Å². The summed E-state index contributed by atoms with van der Waals surface area (Å²) in [7, 11) is 0. The number of carbonyl (C=O) groups is 1. The van der Waals surface area contributed by atoms with Gasteiger partial charge in [0.25, 0.3) is 0 Å². The Balaban J connectivity index is 1.66. The average Bonchev–Trinajstić information content (AvgIpc) is 2.85. The second kappa shape index (κ2) is 8.24. The van der Waals surface area contributed by atoms with E-state index in [1.54, 1.807) is 0 Å². The zero-order valence-electron chi connectivity index (χ0n) is 16.9. The van der Waals surface area contributed by atoms with Crippen LogP contribution < -0.4 is 0 Å². The first-order valence-electron chi connectivity index (χ1n) is 10.9. The summed E-state index contributed by atoms with van der Waals surface area (Å²) in [5.74, 6) is 1.28. The van der Waals surface area contributed by atoms with Crippen molar-refractivity contribution in [3.05, 3.63) is 11.3 Å². The molecule has 0 N–H and O–H groups in total. The molecule has 0 saturated carbocycles. The molecule has 2 heterocycles. The van der Waals surface area contributed by atoms with Gasteiger partial charge in [-0.05, 0) is 63.4 Å². The van der Waals surface area contributed by atoms with E-state index in [4.69, 9.17) is 0 Å². The van der Waals surface area contributed by atoms with E-state index in [9.17, 15) is 4.79 Å². The lowest BCUT2D eigenvalue weighted by molar-refractivity contribution is -0.133. The third kappa shape index (κ3) is 3.82. The second-order valence-electron chi connectivity index (χ2n) is 8.75. The average molecular weight is 347 g/mol. The molecule has 0 aromatic heterocycles. The minimum atomic E-state index is 0.147. The molecule has 0 spiro atoms. The van der Waals surface area contributed by atoms with Crippen molar-refractivity contribution < 1.29 is 4.79 Å². The molecule has 3 nitrogen and oxygen atoms in total. The summed E-state index contributed by atoms with van der Waals surface area (Å²) < 4.78 is 0. The number of allylic oxidation sites excluding steroid dienone is 1. The van der Waals surface area contributed by atoms with Crippen LogP contribution in [-0.4, -0.2) is 40.9 Å². The van der Waals surface area contributed by atoms with Crippen LogP contribution in [0.25, 0.3) is 0 Å². The fourth-order valence-corrected chi connectivity index (χ4v) is 5.41. The topological polar surface area (TPSA) is 23.6 Å². The summed E-state index contributed by atoms with van der Waals surface area (Å²) in [5, 5.41) is 0. The van der Waals surface area contributed by atoms with Gasteiger partial charge in [0.1, 0.15) is 0 Å². The number of nitrogens with zero attached hydrogens (tertiary/aromatic N) is 2. The zero-order valence-corrected chi connectivity index (χ0v) is 16.9. The minimum absolute atomic E-state index is 0.147. The molecule has 3 heteroatoms. The Morgan fingerprint density at radius 1 is 1.04 bits per heavy atom. The van der Waals surface area contributed by atoms with E-state index in [0.29, 0.717) is 11.9 Å². The van der Waals surface area contributed by atoms with Gasteiger partial charge >= 0.3 is 0 Å². The van der Waals surface area contributed by atoms with E-state index in [-0.39, 0.29) is 5.92 Å². The molecular formula is C22H38N2O. The van der Waals surface area contributed by atoms with E-state index in [1.807, 2.05) is 0 Å². The highest BCUT2D eigenvalue weighted by molar-refractivity contribution is 5.87. The molecule has 1 amide bonds. The lowest BCUT2D eigenvalue weighted by Gasteiger charge is -2.42. The van der Waals surface area contributed by atoms with E-state index >= 15 is 0 Å². The Kier molecular flexibility index (Phi) is 6.25. The summed E-state index contributed by atoms with van der Waals surface area (Å²) in [4.78, 5) is 17.9. The number of rotatable bonds is 6. The molecule has 3 rings (SSSR count). The SMILES string of the molecule is CCCC(CCC)N1CCC(N2C(=O)C(C)C3=C2C[C@@H](C)CC3)CC1. The minimum Gasteiger partial charge on any atom is -0.313 e. The van der Waals surface area contributed by atoms with Gasteiger partial charge in [-0.15, -0.1) is 0 Å². The van der Waals surface area contributed by atoms with Gasteiger partial charge in [-0.1, -0.05) is 33.6 Å². The van der Waals surface area contributed by atoms with Gasteiger partial charge in [-0.25, -0.2) is 0 Å². The summed E-state index contributed by atoms with van der Waals surface area (Å²) in [6, 6.07) is 1.21. The Morgan fingerprint density at radius 2 is 1.68 bits per heavy atom. The highest BCUT2D eigenvalue weighted by atomic mass is 16.2. The molecule has 1 unspecified atom stereocenters. The van der Waals surface area contributed by atoms with Crippen molar-refractivity contribution in [1.29, 1.82) is 0 Å². The monoisotopic (exact) mass is 346 g/mol. The maximum absolute atomic E-state index is 13.0. The van der Waals surface area contributed by atoms with Crippen LogP contribution in [0.1, 0.15) is 85.5 Å². The van der Waals surface area contributed by atoms with Gasteiger partial charge in [0.05, 0.1) is 5.92 Å². The van der Waals surface area contributed by atoms with Crippen molar-refractivity contribution in [3.8, 4) is 0 Å². The van der Waals surface area contributed by atoms with E-state index < -0.39 is 0 Å². The molecule has 0 radical (unpaired) electrons. The second-order valence-corrected chi connectivity index (χ2v) is 8.75. The van der Waals surface area contributed by atoms with Gasteiger partial charge in [-0.3, -0.25) is 4.79 Å². The predicted molar refractivity (Wildman–Crippen MR) is 104 cm³/mol. The number of amides is 1. The van der Waals surface area contributed by atoms with Crippen LogP contribution in [0.4, 0.5) is 0 Å². The molecule has 1 saturated heterocycles. The summed E-state index contributed by atoms with van der Waals surface area (Å²) >= 11 is 0. The lowest BCUT2D eigenvalue weighted by atomic mass is 9.85. The van der Waals surface area contributed by atoms with E-state index in [2.05, 4.69) is 37.5 Å². The van der Waals surface area contributed by atoms with Gasteiger partial charge in [0.2, 0.25) is 5.91 Å². The third-order valence-corrected chi connectivity index (χ3v) is 6.86. The van der Waals surface area contributed by atoms with Crippen LogP contribution in [0.15, 0.2) is 11.3 Å². The van der Waals surface area contributed by atoms with Crippen LogP contribution in [0.5, 0.6) is 0 Å². The molecule has 0 bridgehead atoms. The molecule has 3 aliphatic rings. The summed E-state index contributed by atoms with van der Waals surface area (Å²) in [5.41, 5.74) is 2.90. The highest BCUT2D eigenvalue weighted by Crippen LogP contribution is 2.43. The van der Waals surface area contributed by atoms with Crippen molar-refractivity contribution in [2.45, 2.75) is 97.6 Å². The molecule has 142 valence electrons. The molecule has 1 aliphatic carbocycles. The van der Waals surface area contributed by atoms with Crippen LogP contribution in [0, 0.1) is 11.8 Å². The summed E-state index contributed by atoms with van der Waals surface area (Å²) in [6.45, 7) is 11.4. The van der Waals surface area contributed by atoms with Crippen molar-refractivity contribution in [2.24, 2.45) is 11.8 Å². The summed E-state index contributed by atoms with van der Waals surface area (Å²) in [6.07, 6.45) is 11.1. The van der Waals surface area contributed by atoms with Gasteiger partial charge in [0, 0.05) is 30.9 Å². The molecule has 25 heavy (non-hydrogen) atoms. The molecule has 1 fully saturated rings. The fourth-order valence-electron chi connectivity index (χ4n) is 5.41. The first kappa shape index (κ1) is 18.9.